The molecule has 0 saturated carbocycles. The fraction of sp³-hybridized carbons (Fsp3) is 0.250. The first-order valence-electron chi connectivity index (χ1n) is 8.11. The molecular weight excluding hydrogens is 388 g/mol. The van der Waals surface area contributed by atoms with Crippen LogP contribution in [0.1, 0.15) is 22.3 Å². The van der Waals surface area contributed by atoms with Crippen molar-refractivity contribution in [3.05, 3.63) is 54.1 Å². The first kappa shape index (κ1) is 19.1. The highest BCUT2D eigenvalue weighted by atomic mass is 32.2. The van der Waals surface area contributed by atoms with Crippen LogP contribution < -0.4 is 10.0 Å². The molecule has 3 aromatic rings. The molecule has 142 valence electrons. The minimum atomic E-state index is -3.77. The van der Waals surface area contributed by atoms with E-state index in [0.717, 1.165) is 16.9 Å². The molecular formula is C16H18N6O3S2. The molecule has 2 heterocycles. The summed E-state index contributed by atoms with van der Waals surface area (Å²) in [7, 11) is -3.77. The monoisotopic (exact) mass is 406 g/mol. The summed E-state index contributed by atoms with van der Waals surface area (Å²) < 4.78 is 28.7. The molecule has 0 aliphatic rings. The van der Waals surface area contributed by atoms with E-state index in [1.165, 1.54) is 0 Å². The third-order valence-corrected chi connectivity index (χ3v) is 6.25. The minimum absolute atomic E-state index is 0.125. The molecule has 11 heteroatoms. The fourth-order valence-corrected chi connectivity index (χ4v) is 4.28. The van der Waals surface area contributed by atoms with E-state index >= 15 is 0 Å². The zero-order valence-corrected chi connectivity index (χ0v) is 16.1. The van der Waals surface area contributed by atoms with Gasteiger partial charge in [-0.15, -0.1) is 10.2 Å². The van der Waals surface area contributed by atoms with E-state index in [1.807, 2.05) is 23.8 Å². The lowest BCUT2D eigenvalue weighted by Gasteiger charge is -2.04. The summed E-state index contributed by atoms with van der Waals surface area (Å²) >= 11 is 0.803. The minimum Gasteiger partial charge on any atom is -0.337 e. The predicted octanol–water partition coefficient (Wildman–Crippen LogP) is 1.66. The lowest BCUT2D eigenvalue weighted by Crippen LogP contribution is -2.25. The highest BCUT2D eigenvalue weighted by Gasteiger charge is 2.20. The molecule has 0 bridgehead atoms. The van der Waals surface area contributed by atoms with Crippen LogP contribution in [0.15, 0.2) is 47.3 Å². The van der Waals surface area contributed by atoms with Crippen LogP contribution in [0.5, 0.6) is 0 Å². The number of nitrogens with zero attached hydrogens (tertiary/aromatic N) is 4. The number of carbonyl (C=O) groups is 1. The molecule has 1 amide bonds. The predicted molar refractivity (Wildman–Crippen MR) is 101 cm³/mol. The van der Waals surface area contributed by atoms with E-state index in [9.17, 15) is 13.2 Å². The number of rotatable bonds is 8. The number of anilines is 1. The quantitative estimate of drug-likeness (QED) is 0.434. The average Bonchev–Trinajstić information content (AvgIpc) is 3.31. The van der Waals surface area contributed by atoms with E-state index in [1.54, 1.807) is 30.7 Å². The van der Waals surface area contributed by atoms with Crippen molar-refractivity contribution >= 4 is 32.4 Å². The number of amides is 1. The average molecular weight is 406 g/mol. The Kier molecular flexibility index (Phi) is 5.94. The second kappa shape index (κ2) is 8.37. The SMILES string of the molecule is Cc1cccc(C(=O)Nc2nnc(S(=O)(=O)NCCCn3ccnc3)s2)c1. The Bertz CT molecular complexity index is 1010. The molecule has 0 saturated heterocycles. The molecule has 27 heavy (non-hydrogen) atoms. The summed E-state index contributed by atoms with van der Waals surface area (Å²) in [5.74, 6) is -0.368. The highest BCUT2D eigenvalue weighted by molar-refractivity contribution is 7.91. The number of hydrogen-bond donors (Lipinski definition) is 2. The number of nitrogens with one attached hydrogen (secondary N) is 2. The molecule has 1 aromatic carbocycles. The Morgan fingerprint density at radius 1 is 1.30 bits per heavy atom. The number of hydrogen-bond acceptors (Lipinski definition) is 7. The Balaban J connectivity index is 1.56. The molecule has 0 aliphatic carbocycles. The van der Waals surface area contributed by atoms with E-state index < -0.39 is 10.0 Å². The molecule has 0 spiro atoms. The normalized spacial score (nSPS) is 11.4. The van der Waals surface area contributed by atoms with Crippen molar-refractivity contribution in [2.45, 2.75) is 24.2 Å². The third-order valence-electron chi connectivity index (χ3n) is 3.58. The molecule has 2 aromatic heterocycles. The highest BCUT2D eigenvalue weighted by Crippen LogP contribution is 2.20. The summed E-state index contributed by atoms with van der Waals surface area (Å²) in [5, 5.41) is 10.1. The van der Waals surface area contributed by atoms with Crippen LogP contribution in [-0.2, 0) is 16.6 Å². The summed E-state index contributed by atoms with van der Waals surface area (Å²) in [5.41, 5.74) is 1.41. The number of sulfonamides is 1. The van der Waals surface area contributed by atoms with E-state index in [0.29, 0.717) is 18.5 Å². The summed E-state index contributed by atoms with van der Waals surface area (Å²) in [6.07, 6.45) is 5.74. The maximum Gasteiger partial charge on any atom is 0.269 e. The van der Waals surface area contributed by atoms with Crippen LogP contribution in [0.25, 0.3) is 0 Å². The first-order valence-corrected chi connectivity index (χ1v) is 10.4. The van der Waals surface area contributed by atoms with Gasteiger partial charge in [0.15, 0.2) is 0 Å². The summed E-state index contributed by atoms with van der Waals surface area (Å²) in [6, 6.07) is 7.05. The van der Waals surface area contributed by atoms with Gasteiger partial charge in [-0.3, -0.25) is 10.1 Å². The van der Waals surface area contributed by atoms with Crippen molar-refractivity contribution in [2.75, 3.05) is 11.9 Å². The summed E-state index contributed by atoms with van der Waals surface area (Å²) in [6.45, 7) is 2.78. The number of benzene rings is 1. The van der Waals surface area contributed by atoms with Crippen LogP contribution >= 0.6 is 11.3 Å². The molecule has 0 atom stereocenters. The van der Waals surface area contributed by atoms with Gasteiger partial charge < -0.3 is 4.57 Å². The number of imidazole rings is 1. The standard InChI is InChI=1S/C16H18N6O3S2/c1-12-4-2-5-13(10-12)14(23)19-15-20-21-16(26-15)27(24,25)18-6-3-8-22-9-7-17-11-22/h2,4-5,7,9-11,18H,3,6,8H2,1H3,(H,19,20,23). The summed E-state index contributed by atoms with van der Waals surface area (Å²) in [4.78, 5) is 16.1. The van der Waals surface area contributed by atoms with E-state index in [4.69, 9.17) is 0 Å². The van der Waals surface area contributed by atoms with Crippen LogP contribution in [-0.4, -0.2) is 40.6 Å². The van der Waals surface area contributed by atoms with Gasteiger partial charge in [0, 0.05) is 31.0 Å². The van der Waals surface area contributed by atoms with Gasteiger partial charge in [0.25, 0.3) is 15.9 Å². The van der Waals surface area contributed by atoms with Crippen molar-refractivity contribution in [1.82, 2.24) is 24.5 Å². The van der Waals surface area contributed by atoms with E-state index in [2.05, 4.69) is 25.2 Å². The van der Waals surface area contributed by atoms with Crippen molar-refractivity contribution < 1.29 is 13.2 Å². The smallest absolute Gasteiger partial charge is 0.269 e. The van der Waals surface area contributed by atoms with Crippen LogP contribution in [0.2, 0.25) is 0 Å². The maximum absolute atomic E-state index is 12.3. The zero-order valence-electron chi connectivity index (χ0n) is 14.5. The van der Waals surface area contributed by atoms with Gasteiger partial charge in [-0.05, 0) is 25.5 Å². The van der Waals surface area contributed by atoms with Crippen molar-refractivity contribution in [1.29, 1.82) is 0 Å². The van der Waals surface area contributed by atoms with Crippen molar-refractivity contribution in [3.63, 3.8) is 0 Å². The molecule has 0 aliphatic heterocycles. The number of carbonyl (C=O) groups excluding carboxylic acids is 1. The largest absolute Gasteiger partial charge is 0.337 e. The van der Waals surface area contributed by atoms with Gasteiger partial charge in [0.1, 0.15) is 0 Å². The molecule has 2 N–H and O–H groups in total. The third kappa shape index (κ3) is 5.18. The van der Waals surface area contributed by atoms with Gasteiger partial charge in [-0.1, -0.05) is 29.0 Å². The van der Waals surface area contributed by atoms with Gasteiger partial charge in [-0.2, -0.15) is 0 Å². The lowest BCUT2D eigenvalue weighted by atomic mass is 10.1. The zero-order chi connectivity index (χ0) is 19.3. The molecule has 9 nitrogen and oxygen atoms in total. The van der Waals surface area contributed by atoms with E-state index in [-0.39, 0.29) is 21.9 Å². The molecule has 0 unspecified atom stereocenters. The Morgan fingerprint density at radius 2 is 2.15 bits per heavy atom. The molecule has 0 fully saturated rings. The second-order valence-electron chi connectivity index (χ2n) is 5.75. The Hall–Kier alpha value is -2.63. The lowest BCUT2D eigenvalue weighted by molar-refractivity contribution is 0.102. The Labute approximate surface area is 160 Å². The van der Waals surface area contributed by atoms with Crippen LogP contribution in [0.3, 0.4) is 0 Å². The Morgan fingerprint density at radius 3 is 2.89 bits per heavy atom. The van der Waals surface area contributed by atoms with Crippen LogP contribution in [0.4, 0.5) is 5.13 Å². The van der Waals surface area contributed by atoms with Crippen LogP contribution in [0, 0.1) is 6.92 Å². The maximum atomic E-state index is 12.3. The van der Waals surface area contributed by atoms with Crippen molar-refractivity contribution in [3.8, 4) is 0 Å². The van der Waals surface area contributed by atoms with Gasteiger partial charge >= 0.3 is 0 Å². The molecule has 0 radical (unpaired) electrons. The first-order chi connectivity index (χ1) is 12.9. The number of aromatic nitrogens is 4. The van der Waals surface area contributed by atoms with Gasteiger partial charge in [-0.25, -0.2) is 18.1 Å². The fourth-order valence-electron chi connectivity index (χ4n) is 2.27. The second-order valence-corrected chi connectivity index (χ2v) is 8.67. The number of aryl methyl sites for hydroxylation is 2. The topological polar surface area (TPSA) is 119 Å². The van der Waals surface area contributed by atoms with Gasteiger partial charge in [0.2, 0.25) is 9.47 Å². The van der Waals surface area contributed by atoms with Gasteiger partial charge in [0.05, 0.1) is 6.33 Å². The van der Waals surface area contributed by atoms with Crippen molar-refractivity contribution in [2.24, 2.45) is 0 Å². The molecule has 3 rings (SSSR count).